The molecule has 0 saturated carbocycles. The lowest BCUT2D eigenvalue weighted by atomic mass is 10.1. The maximum atomic E-state index is 10.1. The van der Waals surface area contributed by atoms with Gasteiger partial charge in [0.1, 0.15) is 0 Å². The van der Waals surface area contributed by atoms with Crippen molar-refractivity contribution in [3.63, 3.8) is 0 Å². The number of unbranched alkanes of at least 4 members (excludes halogenated alkanes) is 8. The molecule has 15 heavy (non-hydrogen) atoms. The van der Waals surface area contributed by atoms with E-state index in [-0.39, 0.29) is 0 Å². The van der Waals surface area contributed by atoms with Crippen molar-refractivity contribution in [3.05, 3.63) is 0 Å². The predicted octanol–water partition coefficient (Wildman–Crippen LogP) is 3.78. The third-order valence-corrected chi connectivity index (χ3v) is 2.56. The number of carbonyl (C=O) groups is 1. The Balaban J connectivity index is 2.89. The van der Waals surface area contributed by atoms with E-state index in [1.54, 1.807) is 0 Å². The lowest BCUT2D eigenvalue weighted by Gasteiger charge is -2.02. The van der Waals surface area contributed by atoms with Gasteiger partial charge in [0.25, 0.3) is 0 Å². The first kappa shape index (κ1) is 14.3. The Morgan fingerprint density at radius 1 is 0.933 bits per heavy atom. The number of rotatable bonds is 10. The van der Waals surface area contributed by atoms with Gasteiger partial charge in [0.05, 0.1) is 0 Å². The Hall–Kier alpha value is -0.730. The molecule has 0 bridgehead atoms. The highest BCUT2D eigenvalue weighted by Crippen LogP contribution is 2.08. The Labute approximate surface area is 93.3 Å². The van der Waals surface area contributed by atoms with Crippen molar-refractivity contribution < 1.29 is 9.90 Å². The number of hydrogen-bond acceptors (Lipinski definition) is 1. The molecule has 0 aromatic rings. The topological polar surface area (TPSA) is 49.3 Å². The second-order valence-electron chi connectivity index (χ2n) is 4.06. The van der Waals surface area contributed by atoms with Crippen LogP contribution in [0.25, 0.3) is 0 Å². The van der Waals surface area contributed by atoms with Crippen LogP contribution in [0.4, 0.5) is 4.79 Å². The molecule has 3 nitrogen and oxygen atoms in total. The summed E-state index contributed by atoms with van der Waals surface area (Å²) < 4.78 is 0. The van der Waals surface area contributed by atoms with Gasteiger partial charge in [0.15, 0.2) is 0 Å². The van der Waals surface area contributed by atoms with Gasteiger partial charge in [0.2, 0.25) is 0 Å². The molecule has 0 radical (unpaired) electrons. The largest absolute Gasteiger partial charge is 0.465 e. The minimum atomic E-state index is -0.908. The van der Waals surface area contributed by atoms with Gasteiger partial charge in [0, 0.05) is 6.54 Å². The Morgan fingerprint density at radius 3 is 1.87 bits per heavy atom. The molecule has 0 aliphatic heterocycles. The van der Waals surface area contributed by atoms with Gasteiger partial charge in [-0.15, -0.1) is 0 Å². The molecule has 0 spiro atoms. The van der Waals surface area contributed by atoms with E-state index in [0.717, 1.165) is 12.8 Å². The summed E-state index contributed by atoms with van der Waals surface area (Å²) in [7, 11) is 0. The molecule has 1 amide bonds. The van der Waals surface area contributed by atoms with Gasteiger partial charge in [-0.25, -0.2) is 4.79 Å². The van der Waals surface area contributed by atoms with Crippen molar-refractivity contribution >= 4 is 6.09 Å². The third-order valence-electron chi connectivity index (χ3n) is 2.56. The summed E-state index contributed by atoms with van der Waals surface area (Å²) >= 11 is 0. The SMILES string of the molecule is CCCCCCCCCCCNC(=O)O. The Bertz CT molecular complexity index is 149. The average molecular weight is 215 g/mol. The molecular weight excluding hydrogens is 190 g/mol. The summed E-state index contributed by atoms with van der Waals surface area (Å²) in [5.41, 5.74) is 0. The van der Waals surface area contributed by atoms with Crippen molar-refractivity contribution in [3.8, 4) is 0 Å². The minimum Gasteiger partial charge on any atom is -0.465 e. The molecule has 0 rings (SSSR count). The van der Waals surface area contributed by atoms with Crippen LogP contribution in [0.3, 0.4) is 0 Å². The van der Waals surface area contributed by atoms with Crippen LogP contribution < -0.4 is 5.32 Å². The van der Waals surface area contributed by atoms with E-state index in [0.29, 0.717) is 6.54 Å². The first-order chi connectivity index (χ1) is 7.27. The van der Waals surface area contributed by atoms with E-state index >= 15 is 0 Å². The standard InChI is InChI=1S/C12H25NO2/c1-2-3-4-5-6-7-8-9-10-11-13-12(14)15/h13H,2-11H2,1H3,(H,14,15). The zero-order valence-corrected chi connectivity index (χ0v) is 9.93. The van der Waals surface area contributed by atoms with Crippen LogP contribution in [0, 0.1) is 0 Å². The van der Waals surface area contributed by atoms with Crippen LogP contribution >= 0.6 is 0 Å². The fraction of sp³-hybridized carbons (Fsp3) is 0.917. The van der Waals surface area contributed by atoms with Crippen LogP contribution in [0.1, 0.15) is 64.7 Å². The maximum Gasteiger partial charge on any atom is 0.404 e. The second-order valence-corrected chi connectivity index (χ2v) is 4.06. The molecule has 0 aliphatic carbocycles. The molecule has 3 heteroatoms. The zero-order chi connectivity index (χ0) is 11.4. The number of amides is 1. The molecule has 0 aliphatic rings. The van der Waals surface area contributed by atoms with Crippen LogP contribution in [0.15, 0.2) is 0 Å². The van der Waals surface area contributed by atoms with E-state index in [9.17, 15) is 4.79 Å². The average Bonchev–Trinajstić information content (AvgIpc) is 2.20. The molecule has 0 aromatic heterocycles. The summed E-state index contributed by atoms with van der Waals surface area (Å²) in [6, 6.07) is 0. The molecular formula is C12H25NO2. The number of hydrogen-bond donors (Lipinski definition) is 2. The van der Waals surface area contributed by atoms with Crippen molar-refractivity contribution in [2.75, 3.05) is 6.54 Å². The summed E-state index contributed by atoms with van der Waals surface area (Å²) in [6.07, 6.45) is 10.5. The molecule has 0 atom stereocenters. The molecule has 90 valence electrons. The monoisotopic (exact) mass is 215 g/mol. The fourth-order valence-electron chi connectivity index (χ4n) is 1.63. The van der Waals surface area contributed by atoms with Crippen molar-refractivity contribution in [2.45, 2.75) is 64.7 Å². The molecule has 0 heterocycles. The fourth-order valence-corrected chi connectivity index (χ4v) is 1.63. The summed E-state index contributed by atoms with van der Waals surface area (Å²) in [6.45, 7) is 2.83. The quantitative estimate of drug-likeness (QED) is 0.545. The van der Waals surface area contributed by atoms with Crippen LogP contribution in [-0.4, -0.2) is 17.7 Å². The molecule has 0 aromatic carbocycles. The van der Waals surface area contributed by atoms with Gasteiger partial charge >= 0.3 is 6.09 Å². The smallest absolute Gasteiger partial charge is 0.404 e. The highest BCUT2D eigenvalue weighted by atomic mass is 16.4. The summed E-state index contributed by atoms with van der Waals surface area (Å²) in [5, 5.41) is 10.7. The second kappa shape index (κ2) is 11.3. The van der Waals surface area contributed by atoms with Gasteiger partial charge in [-0.3, -0.25) is 0 Å². The third kappa shape index (κ3) is 13.3. The van der Waals surface area contributed by atoms with E-state index in [1.165, 1.54) is 44.9 Å². The van der Waals surface area contributed by atoms with Gasteiger partial charge in [-0.05, 0) is 6.42 Å². The van der Waals surface area contributed by atoms with Crippen LogP contribution in [-0.2, 0) is 0 Å². The molecule has 0 fully saturated rings. The summed E-state index contributed by atoms with van der Waals surface area (Å²) in [4.78, 5) is 10.1. The maximum absolute atomic E-state index is 10.1. The first-order valence-corrected chi connectivity index (χ1v) is 6.24. The van der Waals surface area contributed by atoms with Crippen molar-refractivity contribution in [1.29, 1.82) is 0 Å². The number of nitrogens with one attached hydrogen (secondary N) is 1. The normalized spacial score (nSPS) is 10.2. The van der Waals surface area contributed by atoms with E-state index in [2.05, 4.69) is 12.2 Å². The van der Waals surface area contributed by atoms with Crippen LogP contribution in [0.2, 0.25) is 0 Å². The summed E-state index contributed by atoms with van der Waals surface area (Å²) in [5.74, 6) is 0. The molecule has 0 saturated heterocycles. The van der Waals surface area contributed by atoms with E-state index < -0.39 is 6.09 Å². The molecule has 0 unspecified atom stereocenters. The lowest BCUT2D eigenvalue weighted by molar-refractivity contribution is 0.194. The Kier molecular flexibility index (Phi) is 10.8. The highest BCUT2D eigenvalue weighted by Gasteiger charge is 1.94. The van der Waals surface area contributed by atoms with Crippen molar-refractivity contribution in [1.82, 2.24) is 5.32 Å². The number of carboxylic acid groups (broad SMARTS) is 1. The van der Waals surface area contributed by atoms with E-state index in [4.69, 9.17) is 5.11 Å². The zero-order valence-electron chi connectivity index (χ0n) is 9.93. The van der Waals surface area contributed by atoms with E-state index in [1.807, 2.05) is 0 Å². The Morgan fingerprint density at radius 2 is 1.40 bits per heavy atom. The van der Waals surface area contributed by atoms with Gasteiger partial charge in [-0.1, -0.05) is 58.3 Å². The van der Waals surface area contributed by atoms with Crippen LogP contribution in [0.5, 0.6) is 0 Å². The minimum absolute atomic E-state index is 0.602. The predicted molar refractivity (Wildman–Crippen MR) is 63.3 cm³/mol. The van der Waals surface area contributed by atoms with Gasteiger partial charge < -0.3 is 10.4 Å². The van der Waals surface area contributed by atoms with Gasteiger partial charge in [-0.2, -0.15) is 0 Å². The molecule has 2 N–H and O–H groups in total. The lowest BCUT2D eigenvalue weighted by Crippen LogP contribution is -2.21. The van der Waals surface area contributed by atoms with Crippen molar-refractivity contribution in [2.24, 2.45) is 0 Å². The first-order valence-electron chi connectivity index (χ1n) is 6.24. The highest BCUT2D eigenvalue weighted by molar-refractivity contribution is 5.64.